The van der Waals surface area contributed by atoms with Crippen LogP contribution in [0.2, 0.25) is 0 Å². The maximum Gasteiger partial charge on any atom is 0.245 e. The van der Waals surface area contributed by atoms with Crippen molar-refractivity contribution in [3.05, 3.63) is 23.8 Å². The molecular weight excluding hydrogens is 236 g/mol. The predicted octanol–water partition coefficient (Wildman–Crippen LogP) is 2.00. The Kier molecular flexibility index (Phi) is 4.16. The van der Waals surface area contributed by atoms with Gasteiger partial charge in [0, 0.05) is 13.1 Å². The van der Waals surface area contributed by atoms with E-state index in [2.05, 4.69) is 0 Å². The van der Waals surface area contributed by atoms with Crippen molar-refractivity contribution in [2.75, 3.05) is 12.8 Å². The molecule has 0 bridgehead atoms. The molecule has 1 unspecified atom stereocenters. The molecule has 0 saturated carbocycles. The Hall–Kier alpha value is -1.07. The number of hydrogen-bond donors (Lipinski definition) is 1. The second-order valence-electron chi connectivity index (χ2n) is 4.27. The van der Waals surface area contributed by atoms with Crippen LogP contribution in [0.15, 0.2) is 23.1 Å². The van der Waals surface area contributed by atoms with E-state index in [9.17, 15) is 8.42 Å². The van der Waals surface area contributed by atoms with Gasteiger partial charge >= 0.3 is 0 Å². The van der Waals surface area contributed by atoms with Crippen LogP contribution in [0.4, 0.5) is 5.69 Å². The third-order valence-corrected chi connectivity index (χ3v) is 5.28. The van der Waals surface area contributed by atoms with Crippen LogP contribution in [0, 0.1) is 6.92 Å². The third-order valence-electron chi connectivity index (χ3n) is 3.09. The molecular formula is C12H20N2O2S. The summed E-state index contributed by atoms with van der Waals surface area (Å²) in [4.78, 5) is 0.225. The Labute approximate surface area is 103 Å². The molecule has 1 rings (SSSR count). The van der Waals surface area contributed by atoms with Crippen LogP contribution in [-0.4, -0.2) is 25.8 Å². The molecule has 0 aliphatic heterocycles. The first-order chi connectivity index (χ1) is 7.82. The lowest BCUT2D eigenvalue weighted by Gasteiger charge is -2.24. The maximum atomic E-state index is 12.4. The summed E-state index contributed by atoms with van der Waals surface area (Å²) < 4.78 is 26.2. The normalized spacial score (nSPS) is 13.9. The lowest BCUT2D eigenvalue weighted by Crippen LogP contribution is -2.35. The highest BCUT2D eigenvalue weighted by molar-refractivity contribution is 7.89. The summed E-state index contributed by atoms with van der Waals surface area (Å²) in [6.45, 7) is 5.59. The van der Waals surface area contributed by atoms with Gasteiger partial charge in [-0.1, -0.05) is 19.1 Å². The van der Waals surface area contributed by atoms with Gasteiger partial charge in [-0.25, -0.2) is 8.42 Å². The van der Waals surface area contributed by atoms with Gasteiger partial charge in [-0.05, 0) is 31.9 Å². The quantitative estimate of drug-likeness (QED) is 0.838. The zero-order chi connectivity index (χ0) is 13.2. The molecule has 0 fully saturated rings. The van der Waals surface area contributed by atoms with Gasteiger partial charge in [0.05, 0.1) is 5.69 Å². The molecule has 0 saturated heterocycles. The van der Waals surface area contributed by atoms with E-state index in [4.69, 9.17) is 5.73 Å². The smallest absolute Gasteiger partial charge is 0.245 e. The van der Waals surface area contributed by atoms with E-state index < -0.39 is 10.0 Å². The van der Waals surface area contributed by atoms with Crippen LogP contribution in [0.25, 0.3) is 0 Å². The van der Waals surface area contributed by atoms with Crippen LogP contribution < -0.4 is 5.73 Å². The molecule has 0 amide bonds. The summed E-state index contributed by atoms with van der Waals surface area (Å²) in [5.74, 6) is 0. The van der Waals surface area contributed by atoms with E-state index >= 15 is 0 Å². The highest BCUT2D eigenvalue weighted by Crippen LogP contribution is 2.26. The fraction of sp³-hybridized carbons (Fsp3) is 0.500. The fourth-order valence-corrected chi connectivity index (χ4v) is 3.42. The first-order valence-electron chi connectivity index (χ1n) is 5.65. The van der Waals surface area contributed by atoms with E-state index in [1.807, 2.05) is 13.8 Å². The monoisotopic (exact) mass is 256 g/mol. The van der Waals surface area contributed by atoms with Gasteiger partial charge < -0.3 is 5.73 Å². The lowest BCUT2D eigenvalue weighted by molar-refractivity contribution is 0.380. The molecule has 0 heterocycles. The second-order valence-corrected chi connectivity index (χ2v) is 6.21. The Morgan fingerprint density at radius 2 is 2.00 bits per heavy atom. The number of aryl methyl sites for hydroxylation is 1. The van der Waals surface area contributed by atoms with Crippen LogP contribution in [-0.2, 0) is 10.0 Å². The molecule has 0 radical (unpaired) electrons. The topological polar surface area (TPSA) is 63.4 Å². The predicted molar refractivity (Wildman–Crippen MR) is 70.3 cm³/mol. The molecule has 17 heavy (non-hydrogen) atoms. The maximum absolute atomic E-state index is 12.4. The Morgan fingerprint density at radius 3 is 2.47 bits per heavy atom. The average molecular weight is 256 g/mol. The van der Waals surface area contributed by atoms with E-state index in [0.717, 1.165) is 6.42 Å². The molecule has 0 aromatic heterocycles. The van der Waals surface area contributed by atoms with Crippen LogP contribution >= 0.6 is 0 Å². The average Bonchev–Trinajstić information content (AvgIpc) is 2.26. The van der Waals surface area contributed by atoms with Crippen LogP contribution in [0.1, 0.15) is 25.8 Å². The number of hydrogen-bond acceptors (Lipinski definition) is 3. The van der Waals surface area contributed by atoms with Gasteiger partial charge in [0.1, 0.15) is 4.90 Å². The SMILES string of the molecule is CCC(C)N(C)S(=O)(=O)c1c(C)cccc1N. The summed E-state index contributed by atoms with van der Waals surface area (Å²) in [5, 5.41) is 0. The largest absolute Gasteiger partial charge is 0.398 e. The molecule has 4 nitrogen and oxygen atoms in total. The number of rotatable bonds is 4. The van der Waals surface area contributed by atoms with Crippen LogP contribution in [0.3, 0.4) is 0 Å². The van der Waals surface area contributed by atoms with Gasteiger partial charge in [-0.3, -0.25) is 0 Å². The summed E-state index contributed by atoms with van der Waals surface area (Å²) >= 11 is 0. The van der Waals surface area contributed by atoms with Crippen LogP contribution in [0.5, 0.6) is 0 Å². The first kappa shape index (κ1) is 14.0. The minimum absolute atomic E-state index is 0.0426. The molecule has 96 valence electrons. The van der Waals surface area contributed by atoms with Crippen molar-refractivity contribution >= 4 is 15.7 Å². The number of anilines is 1. The molecule has 0 aliphatic rings. The standard InChI is InChI=1S/C12H20N2O2S/c1-5-10(3)14(4)17(15,16)12-9(2)7-6-8-11(12)13/h6-8,10H,5,13H2,1-4H3. The number of nitrogen functional groups attached to an aromatic ring is 1. The third kappa shape index (κ3) is 2.61. The highest BCUT2D eigenvalue weighted by atomic mass is 32.2. The van der Waals surface area contributed by atoms with Crippen molar-refractivity contribution in [1.29, 1.82) is 0 Å². The van der Waals surface area contributed by atoms with Gasteiger partial charge in [0.15, 0.2) is 0 Å². The fourth-order valence-electron chi connectivity index (χ4n) is 1.67. The van der Waals surface area contributed by atoms with Crippen molar-refractivity contribution in [3.8, 4) is 0 Å². The zero-order valence-electron chi connectivity index (χ0n) is 10.8. The minimum Gasteiger partial charge on any atom is -0.398 e. The number of nitrogens with zero attached hydrogens (tertiary/aromatic N) is 1. The molecule has 1 aromatic rings. The summed E-state index contributed by atoms with van der Waals surface area (Å²) in [5.41, 5.74) is 6.77. The summed E-state index contributed by atoms with van der Waals surface area (Å²) in [6, 6.07) is 5.09. The van der Waals surface area contributed by atoms with E-state index in [1.54, 1.807) is 32.2 Å². The Balaban J connectivity index is 3.32. The number of benzene rings is 1. The first-order valence-corrected chi connectivity index (χ1v) is 7.09. The molecule has 0 aliphatic carbocycles. The van der Waals surface area contributed by atoms with Crippen molar-refractivity contribution in [2.24, 2.45) is 0 Å². The second kappa shape index (κ2) is 5.06. The Bertz CT molecular complexity index is 477. The lowest BCUT2D eigenvalue weighted by atomic mass is 10.2. The summed E-state index contributed by atoms with van der Waals surface area (Å²) in [6.07, 6.45) is 0.765. The van der Waals surface area contributed by atoms with Gasteiger partial charge in [0.2, 0.25) is 10.0 Å². The van der Waals surface area contributed by atoms with Crippen molar-refractivity contribution < 1.29 is 8.42 Å². The number of nitrogens with two attached hydrogens (primary N) is 1. The molecule has 2 N–H and O–H groups in total. The zero-order valence-corrected chi connectivity index (χ0v) is 11.6. The van der Waals surface area contributed by atoms with Gasteiger partial charge in [-0.2, -0.15) is 4.31 Å². The van der Waals surface area contributed by atoms with Gasteiger partial charge in [-0.15, -0.1) is 0 Å². The number of sulfonamides is 1. The van der Waals surface area contributed by atoms with Crippen molar-refractivity contribution in [1.82, 2.24) is 4.31 Å². The molecule has 1 aromatic carbocycles. The minimum atomic E-state index is -3.50. The summed E-state index contributed by atoms with van der Waals surface area (Å²) in [7, 11) is -1.91. The van der Waals surface area contributed by atoms with Crippen molar-refractivity contribution in [3.63, 3.8) is 0 Å². The van der Waals surface area contributed by atoms with Gasteiger partial charge in [0.25, 0.3) is 0 Å². The van der Waals surface area contributed by atoms with E-state index in [0.29, 0.717) is 11.3 Å². The Morgan fingerprint density at radius 1 is 1.41 bits per heavy atom. The van der Waals surface area contributed by atoms with Crippen molar-refractivity contribution in [2.45, 2.75) is 38.1 Å². The molecule has 0 spiro atoms. The molecule has 5 heteroatoms. The van der Waals surface area contributed by atoms with E-state index in [-0.39, 0.29) is 10.9 Å². The highest BCUT2D eigenvalue weighted by Gasteiger charge is 2.27. The van der Waals surface area contributed by atoms with E-state index in [1.165, 1.54) is 4.31 Å². The molecule has 1 atom stereocenters.